The molecule has 4 rings (SSSR count). The first kappa shape index (κ1) is 29.7. The highest BCUT2D eigenvalue weighted by molar-refractivity contribution is 6.04. The summed E-state index contributed by atoms with van der Waals surface area (Å²) in [5, 5.41) is 8.92. The Morgan fingerprint density at radius 2 is 1.56 bits per heavy atom. The first-order valence-corrected chi connectivity index (χ1v) is 14.3. The third-order valence-corrected chi connectivity index (χ3v) is 7.26. The van der Waals surface area contributed by atoms with Gasteiger partial charge in [0.15, 0.2) is 0 Å². The second-order valence-corrected chi connectivity index (χ2v) is 10.4. The third kappa shape index (κ3) is 7.91. The topological polar surface area (TPSA) is 89.2 Å². The predicted molar refractivity (Wildman–Crippen MR) is 168 cm³/mol. The lowest BCUT2D eigenvalue weighted by atomic mass is 10.1. The second kappa shape index (κ2) is 14.4. The van der Waals surface area contributed by atoms with Crippen molar-refractivity contribution in [2.75, 3.05) is 80.9 Å². The standard InChI is InChI=1S/C32H42N6O3/c1-5-24-11-6-7-12-27(24)35-32(40)34-25-15-16-28(26(23-25)31(39)33-17-10-18-36(2)3)37-19-21-38(22-20-37)29-13-8-9-14-30(29)41-4/h6-9,11-16,23H,5,10,17-22H2,1-4H3,(H,33,39)(H2,34,35,40). The summed E-state index contributed by atoms with van der Waals surface area (Å²) in [4.78, 5) is 32.9. The summed E-state index contributed by atoms with van der Waals surface area (Å²) in [7, 11) is 5.73. The van der Waals surface area contributed by atoms with Crippen LogP contribution < -0.4 is 30.5 Å². The van der Waals surface area contributed by atoms with Crippen molar-refractivity contribution in [3.8, 4) is 5.75 Å². The molecule has 0 spiro atoms. The van der Waals surface area contributed by atoms with E-state index in [0.29, 0.717) is 17.8 Å². The number of ether oxygens (including phenoxy) is 1. The lowest BCUT2D eigenvalue weighted by molar-refractivity contribution is 0.0952. The van der Waals surface area contributed by atoms with E-state index in [2.05, 4.69) is 43.6 Å². The molecule has 0 atom stereocenters. The molecule has 1 saturated heterocycles. The number of hydrogen-bond donors (Lipinski definition) is 3. The summed E-state index contributed by atoms with van der Waals surface area (Å²) in [6.45, 7) is 6.60. The Morgan fingerprint density at radius 1 is 0.878 bits per heavy atom. The fraction of sp³-hybridized carbons (Fsp3) is 0.375. The van der Waals surface area contributed by atoms with Crippen molar-refractivity contribution in [2.24, 2.45) is 0 Å². The molecule has 1 aliphatic heterocycles. The van der Waals surface area contributed by atoms with Crippen LogP contribution in [0.25, 0.3) is 0 Å². The first-order valence-electron chi connectivity index (χ1n) is 14.3. The zero-order valence-corrected chi connectivity index (χ0v) is 24.6. The van der Waals surface area contributed by atoms with E-state index in [4.69, 9.17) is 4.74 Å². The molecule has 3 N–H and O–H groups in total. The Morgan fingerprint density at radius 3 is 2.27 bits per heavy atom. The lowest BCUT2D eigenvalue weighted by Gasteiger charge is -2.38. The van der Waals surface area contributed by atoms with Crippen molar-refractivity contribution in [3.05, 3.63) is 77.9 Å². The summed E-state index contributed by atoms with van der Waals surface area (Å²) in [6.07, 6.45) is 1.66. The Hall–Kier alpha value is -4.24. The minimum atomic E-state index is -0.346. The average molecular weight is 559 g/mol. The second-order valence-electron chi connectivity index (χ2n) is 10.4. The van der Waals surface area contributed by atoms with Gasteiger partial charge < -0.3 is 35.4 Å². The summed E-state index contributed by atoms with van der Waals surface area (Å²) in [6, 6.07) is 21.0. The largest absolute Gasteiger partial charge is 0.495 e. The van der Waals surface area contributed by atoms with Gasteiger partial charge in [-0.1, -0.05) is 37.3 Å². The molecule has 1 fully saturated rings. The van der Waals surface area contributed by atoms with Crippen LogP contribution in [0.4, 0.5) is 27.5 Å². The van der Waals surface area contributed by atoms with Crippen molar-refractivity contribution in [3.63, 3.8) is 0 Å². The van der Waals surface area contributed by atoms with Gasteiger partial charge in [-0.3, -0.25) is 4.79 Å². The van der Waals surface area contributed by atoms with Crippen LogP contribution in [0.3, 0.4) is 0 Å². The molecule has 0 aliphatic carbocycles. The number of rotatable bonds is 11. The Bertz CT molecular complexity index is 1320. The molecule has 1 aliphatic rings. The number of hydrogen-bond acceptors (Lipinski definition) is 6. The number of para-hydroxylation sites is 3. The van der Waals surface area contributed by atoms with Gasteiger partial charge in [0.2, 0.25) is 0 Å². The predicted octanol–water partition coefficient (Wildman–Crippen LogP) is 4.91. The SMILES string of the molecule is CCc1ccccc1NC(=O)Nc1ccc(N2CCN(c3ccccc3OC)CC2)c(C(=O)NCCCN(C)C)c1. The van der Waals surface area contributed by atoms with E-state index in [1.165, 1.54) is 0 Å². The molecule has 9 nitrogen and oxygen atoms in total. The Kier molecular flexibility index (Phi) is 10.5. The summed E-state index contributed by atoms with van der Waals surface area (Å²) >= 11 is 0. The van der Waals surface area contributed by atoms with Gasteiger partial charge in [0.25, 0.3) is 5.91 Å². The molecule has 3 amide bonds. The normalized spacial score (nSPS) is 13.2. The van der Waals surface area contributed by atoms with Crippen LogP contribution in [0.2, 0.25) is 0 Å². The van der Waals surface area contributed by atoms with Gasteiger partial charge in [0.05, 0.1) is 18.4 Å². The van der Waals surface area contributed by atoms with E-state index in [9.17, 15) is 9.59 Å². The van der Waals surface area contributed by atoms with E-state index in [1.807, 2.05) is 68.7 Å². The van der Waals surface area contributed by atoms with Gasteiger partial charge in [-0.25, -0.2) is 4.79 Å². The van der Waals surface area contributed by atoms with Gasteiger partial charge in [-0.15, -0.1) is 0 Å². The third-order valence-electron chi connectivity index (χ3n) is 7.26. The zero-order valence-electron chi connectivity index (χ0n) is 24.6. The molecule has 218 valence electrons. The zero-order chi connectivity index (χ0) is 29.2. The molecule has 0 bridgehead atoms. The van der Waals surface area contributed by atoms with E-state index in [1.54, 1.807) is 13.2 Å². The quantitative estimate of drug-likeness (QED) is 0.290. The number of nitrogens with one attached hydrogen (secondary N) is 3. The number of piperazine rings is 1. The van der Waals surface area contributed by atoms with Crippen LogP contribution in [-0.2, 0) is 6.42 Å². The van der Waals surface area contributed by atoms with Crippen molar-refractivity contribution in [1.82, 2.24) is 10.2 Å². The lowest BCUT2D eigenvalue weighted by Crippen LogP contribution is -2.47. The number of benzene rings is 3. The Balaban J connectivity index is 1.50. The maximum absolute atomic E-state index is 13.4. The molecule has 3 aromatic rings. The van der Waals surface area contributed by atoms with Crippen molar-refractivity contribution >= 4 is 34.7 Å². The fourth-order valence-corrected chi connectivity index (χ4v) is 5.08. The highest BCUT2D eigenvalue weighted by atomic mass is 16.5. The molecule has 0 saturated carbocycles. The Labute approximate surface area is 243 Å². The average Bonchev–Trinajstić information content (AvgIpc) is 2.99. The number of urea groups is 1. The number of nitrogens with zero attached hydrogens (tertiary/aromatic N) is 3. The van der Waals surface area contributed by atoms with E-state index in [-0.39, 0.29) is 11.9 Å². The molecule has 0 radical (unpaired) electrons. The van der Waals surface area contributed by atoms with Crippen LogP contribution in [0, 0.1) is 0 Å². The maximum atomic E-state index is 13.4. The van der Waals surface area contributed by atoms with E-state index in [0.717, 1.165) is 73.9 Å². The summed E-state index contributed by atoms with van der Waals surface area (Å²) < 4.78 is 5.57. The fourth-order valence-electron chi connectivity index (χ4n) is 5.08. The highest BCUT2D eigenvalue weighted by Crippen LogP contribution is 2.31. The molecule has 9 heteroatoms. The number of carbonyl (C=O) groups excluding carboxylic acids is 2. The number of carbonyl (C=O) groups is 2. The van der Waals surface area contributed by atoms with Gasteiger partial charge in [0.1, 0.15) is 5.75 Å². The first-order chi connectivity index (χ1) is 19.9. The molecular formula is C32H42N6O3. The van der Waals surface area contributed by atoms with Gasteiger partial charge in [-0.2, -0.15) is 0 Å². The molecule has 0 aromatic heterocycles. The van der Waals surface area contributed by atoms with Crippen LogP contribution >= 0.6 is 0 Å². The summed E-state index contributed by atoms with van der Waals surface area (Å²) in [5.74, 6) is 0.709. The van der Waals surface area contributed by atoms with Crippen LogP contribution in [0.15, 0.2) is 66.7 Å². The molecule has 41 heavy (non-hydrogen) atoms. The molecule has 0 unspecified atom stereocenters. The molecular weight excluding hydrogens is 516 g/mol. The van der Waals surface area contributed by atoms with Gasteiger partial charge in [-0.05, 0) is 75.4 Å². The number of anilines is 4. The van der Waals surface area contributed by atoms with Gasteiger partial charge >= 0.3 is 6.03 Å². The molecule has 1 heterocycles. The smallest absolute Gasteiger partial charge is 0.323 e. The summed E-state index contributed by atoms with van der Waals surface area (Å²) in [5.41, 5.74) is 4.87. The number of amides is 3. The monoisotopic (exact) mass is 558 g/mol. The number of aryl methyl sites for hydroxylation is 1. The van der Waals surface area contributed by atoms with Crippen LogP contribution in [-0.4, -0.2) is 77.3 Å². The minimum Gasteiger partial charge on any atom is -0.495 e. The minimum absolute atomic E-state index is 0.147. The van der Waals surface area contributed by atoms with Crippen LogP contribution in [0.1, 0.15) is 29.3 Å². The number of methoxy groups -OCH3 is 1. The van der Waals surface area contributed by atoms with Crippen LogP contribution in [0.5, 0.6) is 5.75 Å². The highest BCUT2D eigenvalue weighted by Gasteiger charge is 2.24. The molecule has 3 aromatic carbocycles. The van der Waals surface area contributed by atoms with E-state index < -0.39 is 0 Å². The van der Waals surface area contributed by atoms with Crippen molar-refractivity contribution in [1.29, 1.82) is 0 Å². The van der Waals surface area contributed by atoms with Crippen molar-refractivity contribution in [2.45, 2.75) is 19.8 Å². The maximum Gasteiger partial charge on any atom is 0.323 e. The van der Waals surface area contributed by atoms with E-state index >= 15 is 0 Å². The van der Waals surface area contributed by atoms with Crippen molar-refractivity contribution < 1.29 is 14.3 Å². The van der Waals surface area contributed by atoms with Gasteiger partial charge in [0, 0.05) is 49.8 Å².